The van der Waals surface area contributed by atoms with Gasteiger partial charge in [-0.25, -0.2) is 0 Å². The van der Waals surface area contributed by atoms with Crippen LogP contribution in [0.5, 0.6) is 11.5 Å². The zero-order valence-electron chi connectivity index (χ0n) is 10.6. The van der Waals surface area contributed by atoms with Crippen LogP contribution < -0.4 is 4.74 Å². The number of benzene rings is 2. The van der Waals surface area contributed by atoms with Crippen LogP contribution in [0.25, 0.3) is 0 Å². The zero-order chi connectivity index (χ0) is 14.1. The van der Waals surface area contributed by atoms with E-state index in [0.717, 1.165) is 5.56 Å². The molecule has 3 rings (SSSR count). The molecule has 0 saturated carbocycles. The van der Waals surface area contributed by atoms with Crippen LogP contribution in [0.2, 0.25) is 0 Å². The van der Waals surface area contributed by atoms with Crippen LogP contribution in [0.1, 0.15) is 17.2 Å². The summed E-state index contributed by atoms with van der Waals surface area (Å²) in [6.45, 7) is 0. The predicted octanol–water partition coefficient (Wildman–Crippen LogP) is 2.71. The van der Waals surface area contributed by atoms with Crippen LogP contribution in [0.3, 0.4) is 0 Å². The molecule has 1 N–H and O–H groups in total. The third kappa shape index (κ3) is 2.18. The number of ether oxygens (including phenoxy) is 1. The van der Waals surface area contributed by atoms with Crippen LogP contribution in [0.15, 0.2) is 48.5 Å². The molecule has 2 aromatic carbocycles. The summed E-state index contributed by atoms with van der Waals surface area (Å²) in [5, 5.41) is 20.6. The fourth-order valence-corrected chi connectivity index (χ4v) is 2.47. The summed E-state index contributed by atoms with van der Waals surface area (Å²) >= 11 is 0. The lowest BCUT2D eigenvalue weighted by Crippen LogP contribution is -2.36. The van der Waals surface area contributed by atoms with Crippen molar-refractivity contribution in [3.63, 3.8) is 0 Å². The number of hydrogen-bond donors (Lipinski definition) is 1. The molecule has 0 aliphatic carbocycles. The van der Waals surface area contributed by atoms with Gasteiger partial charge in [-0.15, -0.1) is 0 Å². The van der Waals surface area contributed by atoms with E-state index in [1.165, 1.54) is 12.1 Å². The van der Waals surface area contributed by atoms with E-state index in [1.807, 2.05) is 24.3 Å². The maximum atomic E-state index is 11.3. The average molecular weight is 271 g/mol. The monoisotopic (exact) mass is 271 g/mol. The van der Waals surface area contributed by atoms with Gasteiger partial charge in [-0.1, -0.05) is 30.3 Å². The third-order valence-corrected chi connectivity index (χ3v) is 3.50. The van der Waals surface area contributed by atoms with Gasteiger partial charge in [0.25, 0.3) is 6.04 Å². The topological polar surface area (TPSA) is 72.6 Å². The second-order valence-corrected chi connectivity index (χ2v) is 4.79. The summed E-state index contributed by atoms with van der Waals surface area (Å²) in [5.41, 5.74) is 1.54. The molecule has 0 saturated heterocycles. The zero-order valence-corrected chi connectivity index (χ0v) is 10.6. The molecule has 0 spiro atoms. The summed E-state index contributed by atoms with van der Waals surface area (Å²) in [6.07, 6.45) is -0.296. The standard InChI is InChI=1S/C15H13NO4/c17-12-7-5-10(6-8-12)15-13(16(18)19)9-11-3-1-2-4-14(11)20-15/h1-8,13,15,17H,9H2/t13-,15-/m0/s1. The first-order chi connectivity index (χ1) is 9.65. The average Bonchev–Trinajstić information content (AvgIpc) is 2.46. The highest BCUT2D eigenvalue weighted by atomic mass is 16.6. The largest absolute Gasteiger partial charge is 0.508 e. The fourth-order valence-electron chi connectivity index (χ4n) is 2.47. The van der Waals surface area contributed by atoms with Gasteiger partial charge in [-0.2, -0.15) is 0 Å². The number of fused-ring (bicyclic) bond motifs is 1. The number of hydrogen-bond acceptors (Lipinski definition) is 4. The number of nitro groups is 1. The lowest BCUT2D eigenvalue weighted by atomic mass is 9.93. The number of aromatic hydroxyl groups is 1. The van der Waals surface area contributed by atoms with E-state index >= 15 is 0 Å². The van der Waals surface area contributed by atoms with Crippen LogP contribution in [-0.4, -0.2) is 16.1 Å². The first kappa shape index (κ1) is 12.5. The molecule has 0 bridgehead atoms. The van der Waals surface area contributed by atoms with Crippen molar-refractivity contribution < 1.29 is 14.8 Å². The smallest absolute Gasteiger partial charge is 0.257 e. The fraction of sp³-hybridized carbons (Fsp3) is 0.200. The third-order valence-electron chi connectivity index (χ3n) is 3.50. The molecule has 20 heavy (non-hydrogen) atoms. The Morgan fingerprint density at radius 2 is 1.85 bits per heavy atom. The van der Waals surface area contributed by atoms with Gasteiger partial charge < -0.3 is 9.84 Å². The van der Waals surface area contributed by atoms with Gasteiger partial charge in [0.15, 0.2) is 6.10 Å². The molecule has 0 fully saturated rings. The lowest BCUT2D eigenvalue weighted by molar-refractivity contribution is -0.535. The number of phenols is 1. The van der Waals surface area contributed by atoms with Gasteiger partial charge >= 0.3 is 0 Å². The van der Waals surface area contributed by atoms with Gasteiger partial charge in [-0.3, -0.25) is 10.1 Å². The summed E-state index contributed by atoms with van der Waals surface area (Å²) in [6, 6.07) is 12.9. The summed E-state index contributed by atoms with van der Waals surface area (Å²) in [5.74, 6) is 0.811. The molecule has 1 aliphatic rings. The number of para-hydroxylation sites is 1. The maximum Gasteiger partial charge on any atom is 0.257 e. The van der Waals surface area contributed by atoms with Crippen molar-refractivity contribution >= 4 is 0 Å². The minimum absolute atomic E-state index is 0.127. The van der Waals surface area contributed by atoms with Crippen molar-refractivity contribution in [1.82, 2.24) is 0 Å². The van der Waals surface area contributed by atoms with Crippen molar-refractivity contribution in [2.24, 2.45) is 0 Å². The second-order valence-electron chi connectivity index (χ2n) is 4.79. The van der Waals surface area contributed by atoms with Crippen LogP contribution in [-0.2, 0) is 6.42 Å². The molecular weight excluding hydrogens is 258 g/mol. The van der Waals surface area contributed by atoms with E-state index in [-0.39, 0.29) is 10.7 Å². The second kappa shape index (κ2) is 4.85. The van der Waals surface area contributed by atoms with Crippen LogP contribution in [0.4, 0.5) is 0 Å². The summed E-state index contributed by atoms with van der Waals surface area (Å²) < 4.78 is 5.81. The highest BCUT2D eigenvalue weighted by Gasteiger charge is 2.39. The Morgan fingerprint density at radius 1 is 1.15 bits per heavy atom. The van der Waals surface area contributed by atoms with E-state index in [2.05, 4.69) is 0 Å². The van der Waals surface area contributed by atoms with E-state index in [1.54, 1.807) is 12.1 Å². The molecule has 1 aliphatic heterocycles. The first-order valence-electron chi connectivity index (χ1n) is 6.32. The Labute approximate surface area is 115 Å². The van der Waals surface area contributed by atoms with Crippen molar-refractivity contribution in [2.75, 3.05) is 0 Å². The van der Waals surface area contributed by atoms with Gasteiger partial charge in [0.05, 0.1) is 0 Å². The Morgan fingerprint density at radius 3 is 2.55 bits per heavy atom. The quantitative estimate of drug-likeness (QED) is 0.673. The van der Waals surface area contributed by atoms with Gasteiger partial charge in [-0.05, 0) is 23.8 Å². The molecule has 0 unspecified atom stereocenters. The van der Waals surface area contributed by atoms with E-state index in [9.17, 15) is 15.2 Å². The van der Waals surface area contributed by atoms with Crippen molar-refractivity contribution in [3.8, 4) is 11.5 Å². The molecule has 1 heterocycles. The van der Waals surface area contributed by atoms with Crippen LogP contribution in [0, 0.1) is 10.1 Å². The number of phenolic OH excluding ortho intramolecular Hbond substituents is 1. The minimum Gasteiger partial charge on any atom is -0.508 e. The maximum absolute atomic E-state index is 11.3. The molecule has 102 valence electrons. The van der Waals surface area contributed by atoms with Crippen molar-refractivity contribution in [2.45, 2.75) is 18.6 Å². The minimum atomic E-state index is -0.825. The SMILES string of the molecule is O=[N+]([O-])[C@H]1Cc2ccccc2O[C@H]1c1ccc(O)cc1. The summed E-state index contributed by atoms with van der Waals surface area (Å²) in [7, 11) is 0. The van der Waals surface area contributed by atoms with Gasteiger partial charge in [0.1, 0.15) is 11.5 Å². The molecule has 5 heteroatoms. The molecule has 5 nitrogen and oxygen atoms in total. The molecule has 0 aromatic heterocycles. The predicted molar refractivity (Wildman–Crippen MR) is 72.4 cm³/mol. The van der Waals surface area contributed by atoms with E-state index < -0.39 is 12.1 Å². The molecule has 0 amide bonds. The van der Waals surface area contributed by atoms with Crippen molar-refractivity contribution in [3.05, 3.63) is 69.8 Å². The highest BCUT2D eigenvalue weighted by Crippen LogP contribution is 2.36. The van der Waals surface area contributed by atoms with Gasteiger partial charge in [0.2, 0.25) is 0 Å². The Balaban J connectivity index is 2.00. The lowest BCUT2D eigenvalue weighted by Gasteiger charge is -2.28. The van der Waals surface area contributed by atoms with Crippen molar-refractivity contribution in [1.29, 1.82) is 0 Å². The van der Waals surface area contributed by atoms with Gasteiger partial charge in [0, 0.05) is 16.9 Å². The Bertz CT molecular complexity index is 639. The van der Waals surface area contributed by atoms with E-state index in [0.29, 0.717) is 17.7 Å². The van der Waals surface area contributed by atoms with E-state index in [4.69, 9.17) is 4.74 Å². The summed E-state index contributed by atoms with van der Waals surface area (Å²) in [4.78, 5) is 11.0. The molecule has 2 aromatic rings. The highest BCUT2D eigenvalue weighted by molar-refractivity contribution is 5.38. The number of rotatable bonds is 2. The Hall–Kier alpha value is -2.56. The molecular formula is C15H13NO4. The molecule has 0 radical (unpaired) electrons. The molecule has 2 atom stereocenters. The first-order valence-corrected chi connectivity index (χ1v) is 6.32. The van der Waals surface area contributed by atoms with Crippen LogP contribution >= 0.6 is 0 Å². The number of nitrogens with zero attached hydrogens (tertiary/aromatic N) is 1. The normalized spacial score (nSPS) is 20.8. The Kier molecular flexibility index (Phi) is 3.02.